The number of aryl methyl sites for hydroxylation is 3. The Kier molecular flexibility index (Phi) is 5.25. The van der Waals surface area contributed by atoms with E-state index in [2.05, 4.69) is 10.1 Å². The largest absolute Gasteiger partial charge is 0.496 e. The summed E-state index contributed by atoms with van der Waals surface area (Å²) in [5, 5.41) is 14.8. The molecule has 0 saturated carbocycles. The molecule has 0 radical (unpaired) electrons. The van der Waals surface area contributed by atoms with Crippen LogP contribution in [0.3, 0.4) is 0 Å². The number of aliphatic hydroxyl groups is 1. The zero-order valence-corrected chi connectivity index (χ0v) is 19.7. The maximum Gasteiger partial charge on any atom is 0.420 e. The van der Waals surface area contributed by atoms with Crippen LogP contribution in [0.2, 0.25) is 0 Å². The van der Waals surface area contributed by atoms with Crippen molar-refractivity contribution in [2.75, 3.05) is 7.11 Å². The summed E-state index contributed by atoms with van der Waals surface area (Å²) in [4.78, 5) is 17.7. The van der Waals surface area contributed by atoms with Crippen molar-refractivity contribution in [3.63, 3.8) is 0 Å². The van der Waals surface area contributed by atoms with Crippen molar-refractivity contribution in [3.8, 4) is 16.9 Å². The predicted molar refractivity (Wildman–Crippen MR) is 128 cm³/mol. The molecular formula is C26H25N3O5. The highest BCUT2D eigenvalue weighted by Crippen LogP contribution is 2.40. The van der Waals surface area contributed by atoms with Crippen LogP contribution in [-0.4, -0.2) is 26.9 Å². The van der Waals surface area contributed by atoms with Gasteiger partial charge < -0.3 is 18.8 Å². The van der Waals surface area contributed by atoms with Gasteiger partial charge in [-0.3, -0.25) is 4.57 Å². The quantitative estimate of drug-likeness (QED) is 0.401. The van der Waals surface area contributed by atoms with Crippen LogP contribution in [0.15, 0.2) is 50.1 Å². The van der Waals surface area contributed by atoms with Crippen LogP contribution in [0.4, 0.5) is 0 Å². The lowest BCUT2D eigenvalue weighted by atomic mass is 9.99. The normalized spacial score (nSPS) is 12.5. The van der Waals surface area contributed by atoms with Crippen LogP contribution < -0.4 is 10.5 Å². The first-order valence-electron chi connectivity index (χ1n) is 11.0. The fraction of sp³-hybridized carbons (Fsp3) is 0.269. The molecule has 174 valence electrons. The summed E-state index contributed by atoms with van der Waals surface area (Å²) in [5.74, 6) is 0.734. The summed E-state index contributed by atoms with van der Waals surface area (Å²) in [6.07, 6.45) is 0. The van der Waals surface area contributed by atoms with E-state index >= 15 is 0 Å². The van der Waals surface area contributed by atoms with E-state index in [0.717, 1.165) is 27.9 Å². The second kappa shape index (κ2) is 8.14. The Morgan fingerprint density at radius 2 is 1.88 bits per heavy atom. The fourth-order valence-corrected chi connectivity index (χ4v) is 4.56. The van der Waals surface area contributed by atoms with Gasteiger partial charge in [0.1, 0.15) is 22.7 Å². The molecule has 8 heteroatoms. The molecule has 0 aliphatic heterocycles. The van der Waals surface area contributed by atoms with Gasteiger partial charge in [-0.25, -0.2) is 9.78 Å². The molecule has 0 aliphatic rings. The number of benzene rings is 2. The van der Waals surface area contributed by atoms with Gasteiger partial charge in [-0.05, 0) is 45.4 Å². The Labute approximate surface area is 195 Å². The number of fused-ring (bicyclic) bond motifs is 3. The Morgan fingerprint density at radius 3 is 2.50 bits per heavy atom. The maximum absolute atomic E-state index is 13.1. The molecule has 5 aromatic rings. The summed E-state index contributed by atoms with van der Waals surface area (Å²) < 4.78 is 18.3. The second-order valence-corrected chi connectivity index (χ2v) is 8.49. The summed E-state index contributed by atoms with van der Waals surface area (Å²) in [5.41, 5.74) is 6.14. The first kappa shape index (κ1) is 21.9. The minimum Gasteiger partial charge on any atom is -0.496 e. The third kappa shape index (κ3) is 3.30. The molecule has 0 aliphatic carbocycles. The summed E-state index contributed by atoms with van der Waals surface area (Å²) >= 11 is 0. The van der Waals surface area contributed by atoms with Crippen molar-refractivity contribution < 1.29 is 18.8 Å². The van der Waals surface area contributed by atoms with Crippen molar-refractivity contribution >= 4 is 22.0 Å². The van der Waals surface area contributed by atoms with Gasteiger partial charge in [0.15, 0.2) is 5.58 Å². The number of rotatable bonds is 5. The third-order valence-electron chi connectivity index (χ3n) is 6.33. The monoisotopic (exact) mass is 459 g/mol. The molecule has 0 bridgehead atoms. The van der Waals surface area contributed by atoms with Gasteiger partial charge in [0, 0.05) is 10.9 Å². The highest BCUT2D eigenvalue weighted by Gasteiger charge is 2.25. The van der Waals surface area contributed by atoms with E-state index in [1.54, 1.807) is 11.7 Å². The lowest BCUT2D eigenvalue weighted by Gasteiger charge is -2.16. The lowest BCUT2D eigenvalue weighted by Crippen LogP contribution is -2.19. The van der Waals surface area contributed by atoms with E-state index in [0.29, 0.717) is 33.6 Å². The fourth-order valence-electron chi connectivity index (χ4n) is 4.56. The third-order valence-corrected chi connectivity index (χ3v) is 6.33. The molecule has 3 aromatic heterocycles. The van der Waals surface area contributed by atoms with Gasteiger partial charge in [-0.1, -0.05) is 35.0 Å². The number of aromatic nitrogens is 3. The van der Waals surface area contributed by atoms with E-state index in [9.17, 15) is 9.90 Å². The number of ether oxygens (including phenoxy) is 1. The second-order valence-electron chi connectivity index (χ2n) is 8.49. The molecule has 1 unspecified atom stereocenters. The Morgan fingerprint density at radius 1 is 1.15 bits per heavy atom. The standard InChI is InChI=1S/C26H25N3O5/c1-13-6-8-17(9-7-13)15(3)29-24-18-11-22(32-5)19(23-14(2)28-34-16(23)4)10-20(18)27-21(12-30)25(24)33-26(29)31/h6-11,15,30H,12H2,1-5H3. The molecule has 1 N–H and O–H groups in total. The van der Waals surface area contributed by atoms with Crippen LogP contribution in [0.25, 0.3) is 33.1 Å². The Hall–Kier alpha value is -3.91. The molecule has 0 fully saturated rings. The Balaban J connectivity index is 1.86. The van der Waals surface area contributed by atoms with E-state index in [-0.39, 0.29) is 18.2 Å². The minimum atomic E-state index is -0.513. The molecule has 0 saturated heterocycles. The smallest absolute Gasteiger partial charge is 0.420 e. The number of aliphatic hydroxyl groups excluding tert-OH is 1. The molecule has 3 heterocycles. The number of methoxy groups -OCH3 is 1. The summed E-state index contributed by atoms with van der Waals surface area (Å²) in [6.45, 7) is 7.30. The molecule has 34 heavy (non-hydrogen) atoms. The number of oxazole rings is 1. The molecule has 0 amide bonds. The zero-order valence-electron chi connectivity index (χ0n) is 19.7. The minimum absolute atomic E-state index is 0.270. The highest BCUT2D eigenvalue weighted by atomic mass is 16.5. The van der Waals surface area contributed by atoms with E-state index in [4.69, 9.17) is 13.7 Å². The SMILES string of the molecule is COc1cc2c(cc1-c1c(C)noc1C)nc(CO)c1oc(=O)n(C(C)c3ccc(C)cc3)c12. The van der Waals surface area contributed by atoms with Crippen LogP contribution in [0, 0.1) is 20.8 Å². The van der Waals surface area contributed by atoms with E-state index in [1.807, 2.05) is 64.1 Å². The van der Waals surface area contributed by atoms with Crippen molar-refractivity contribution in [2.45, 2.75) is 40.3 Å². The molecule has 1 atom stereocenters. The van der Waals surface area contributed by atoms with Gasteiger partial charge in [-0.2, -0.15) is 0 Å². The lowest BCUT2D eigenvalue weighted by molar-refractivity contribution is 0.277. The predicted octanol–water partition coefficient (Wildman–Crippen LogP) is 4.83. The zero-order chi connectivity index (χ0) is 24.1. The van der Waals surface area contributed by atoms with Crippen molar-refractivity contribution in [2.24, 2.45) is 0 Å². The van der Waals surface area contributed by atoms with E-state index in [1.165, 1.54) is 0 Å². The van der Waals surface area contributed by atoms with Crippen molar-refractivity contribution in [1.82, 2.24) is 14.7 Å². The van der Waals surface area contributed by atoms with Crippen LogP contribution in [0.1, 0.15) is 41.2 Å². The molecule has 0 spiro atoms. The molecule has 5 rings (SSSR count). The molecular weight excluding hydrogens is 434 g/mol. The van der Waals surface area contributed by atoms with Gasteiger partial charge in [0.25, 0.3) is 0 Å². The average molecular weight is 460 g/mol. The number of nitrogens with zero attached hydrogens (tertiary/aromatic N) is 3. The topological polar surface area (TPSA) is 104 Å². The van der Waals surface area contributed by atoms with Crippen LogP contribution >= 0.6 is 0 Å². The van der Waals surface area contributed by atoms with Crippen LogP contribution in [-0.2, 0) is 6.61 Å². The van der Waals surface area contributed by atoms with Crippen molar-refractivity contribution in [3.05, 3.63) is 75.2 Å². The van der Waals surface area contributed by atoms with Gasteiger partial charge >= 0.3 is 5.76 Å². The number of hydrogen-bond acceptors (Lipinski definition) is 7. The Bertz CT molecular complexity index is 1570. The van der Waals surface area contributed by atoms with Crippen molar-refractivity contribution in [1.29, 1.82) is 0 Å². The van der Waals surface area contributed by atoms with Gasteiger partial charge in [-0.15, -0.1) is 0 Å². The number of hydrogen-bond donors (Lipinski definition) is 1. The molecule has 8 nitrogen and oxygen atoms in total. The van der Waals surface area contributed by atoms with Gasteiger partial charge in [0.05, 0.1) is 36.5 Å². The van der Waals surface area contributed by atoms with Gasteiger partial charge in [0.2, 0.25) is 0 Å². The summed E-state index contributed by atoms with van der Waals surface area (Å²) in [7, 11) is 1.59. The first-order chi connectivity index (χ1) is 16.3. The van der Waals surface area contributed by atoms with E-state index < -0.39 is 5.76 Å². The number of pyridine rings is 1. The molecule has 2 aromatic carbocycles. The summed E-state index contributed by atoms with van der Waals surface area (Å²) in [6, 6.07) is 11.4. The van der Waals surface area contributed by atoms with Crippen LogP contribution in [0.5, 0.6) is 5.75 Å². The maximum atomic E-state index is 13.1. The first-order valence-corrected chi connectivity index (χ1v) is 11.0. The average Bonchev–Trinajstić information content (AvgIpc) is 3.35. The highest BCUT2D eigenvalue weighted by molar-refractivity contribution is 6.05.